The highest BCUT2D eigenvalue weighted by Crippen LogP contribution is 2.27. The van der Waals surface area contributed by atoms with E-state index in [0.717, 1.165) is 5.75 Å². The van der Waals surface area contributed by atoms with Gasteiger partial charge in [0.25, 0.3) is 0 Å². The van der Waals surface area contributed by atoms with Crippen LogP contribution in [0, 0.1) is 0 Å². The lowest BCUT2D eigenvalue weighted by Crippen LogP contribution is -2.36. The Labute approximate surface area is 62.4 Å². The van der Waals surface area contributed by atoms with Crippen LogP contribution < -0.4 is 10.6 Å². The van der Waals surface area contributed by atoms with Crippen molar-refractivity contribution in [1.82, 2.24) is 10.6 Å². The maximum Gasteiger partial charge on any atom is 0.315 e. The molecule has 2 saturated heterocycles. The molecule has 2 aliphatic rings. The SMILES string of the molecule is O=C1NC2CSC(O)C2N1. The van der Waals surface area contributed by atoms with Gasteiger partial charge < -0.3 is 15.7 Å². The molecule has 3 unspecified atom stereocenters. The molecule has 3 atom stereocenters. The van der Waals surface area contributed by atoms with Gasteiger partial charge in [0.05, 0.1) is 12.1 Å². The fraction of sp³-hybridized carbons (Fsp3) is 0.800. The van der Waals surface area contributed by atoms with Crippen LogP contribution in [0.1, 0.15) is 0 Å². The smallest absolute Gasteiger partial charge is 0.315 e. The molecule has 0 aliphatic carbocycles. The molecule has 2 fully saturated rings. The molecule has 0 aromatic carbocycles. The van der Waals surface area contributed by atoms with Crippen molar-refractivity contribution in [3.63, 3.8) is 0 Å². The van der Waals surface area contributed by atoms with E-state index in [4.69, 9.17) is 0 Å². The van der Waals surface area contributed by atoms with Gasteiger partial charge in [0, 0.05) is 5.75 Å². The zero-order valence-electron chi connectivity index (χ0n) is 5.20. The fourth-order valence-electron chi connectivity index (χ4n) is 1.27. The van der Waals surface area contributed by atoms with E-state index in [1.165, 1.54) is 11.8 Å². The van der Waals surface area contributed by atoms with Gasteiger partial charge in [-0.05, 0) is 0 Å². The zero-order chi connectivity index (χ0) is 7.14. The van der Waals surface area contributed by atoms with E-state index in [0.29, 0.717) is 0 Å². The molecule has 0 saturated carbocycles. The molecule has 0 aromatic heterocycles. The molecule has 2 heterocycles. The minimum absolute atomic E-state index is 0.0718. The number of carbonyl (C=O) groups excluding carboxylic acids is 1. The first-order valence-electron chi connectivity index (χ1n) is 3.14. The van der Waals surface area contributed by atoms with Crippen molar-refractivity contribution in [2.24, 2.45) is 0 Å². The quantitative estimate of drug-likeness (QED) is 0.402. The first-order valence-corrected chi connectivity index (χ1v) is 4.19. The number of carbonyl (C=O) groups is 1. The molecule has 10 heavy (non-hydrogen) atoms. The fourth-order valence-corrected chi connectivity index (χ4v) is 2.43. The third-order valence-corrected chi connectivity index (χ3v) is 2.99. The van der Waals surface area contributed by atoms with Crippen molar-refractivity contribution in [3.05, 3.63) is 0 Å². The highest BCUT2D eigenvalue weighted by atomic mass is 32.2. The van der Waals surface area contributed by atoms with Gasteiger partial charge in [-0.25, -0.2) is 4.79 Å². The maximum atomic E-state index is 10.7. The molecule has 0 bridgehead atoms. The number of hydrogen-bond donors (Lipinski definition) is 3. The third kappa shape index (κ3) is 0.775. The minimum atomic E-state index is -0.427. The van der Waals surface area contributed by atoms with Crippen molar-refractivity contribution in [1.29, 1.82) is 0 Å². The summed E-state index contributed by atoms with van der Waals surface area (Å²) in [5.41, 5.74) is -0.427. The van der Waals surface area contributed by atoms with Gasteiger partial charge in [0.1, 0.15) is 5.44 Å². The number of aliphatic hydroxyl groups excluding tert-OH is 1. The van der Waals surface area contributed by atoms with E-state index in [-0.39, 0.29) is 18.1 Å². The molecular weight excluding hydrogens is 152 g/mol. The average Bonchev–Trinajstić information content (AvgIpc) is 2.35. The predicted molar refractivity (Wildman–Crippen MR) is 37.7 cm³/mol. The zero-order valence-corrected chi connectivity index (χ0v) is 6.02. The topological polar surface area (TPSA) is 61.4 Å². The molecule has 0 aromatic rings. The molecule has 56 valence electrons. The maximum absolute atomic E-state index is 10.7. The number of nitrogens with one attached hydrogen (secondary N) is 2. The van der Waals surface area contributed by atoms with Crippen LogP contribution in [0.4, 0.5) is 4.79 Å². The molecule has 5 heteroatoms. The summed E-state index contributed by atoms with van der Waals surface area (Å²) in [6, 6.07) is -0.0978. The Kier molecular flexibility index (Phi) is 1.28. The molecule has 0 radical (unpaired) electrons. The molecular formula is C5H8N2O2S. The molecule has 3 N–H and O–H groups in total. The van der Waals surface area contributed by atoms with Crippen molar-refractivity contribution in [2.45, 2.75) is 17.5 Å². The average molecular weight is 160 g/mol. The highest BCUT2D eigenvalue weighted by Gasteiger charge is 2.42. The lowest BCUT2D eigenvalue weighted by atomic mass is 10.2. The lowest BCUT2D eigenvalue weighted by molar-refractivity contribution is 0.219. The number of amides is 2. The summed E-state index contributed by atoms with van der Waals surface area (Å²) in [7, 11) is 0. The number of rotatable bonds is 0. The molecule has 0 spiro atoms. The summed E-state index contributed by atoms with van der Waals surface area (Å²) in [6.07, 6.45) is 0. The summed E-state index contributed by atoms with van der Waals surface area (Å²) in [5, 5.41) is 14.6. The Balaban J connectivity index is 2.12. The van der Waals surface area contributed by atoms with E-state index in [1.807, 2.05) is 0 Å². The van der Waals surface area contributed by atoms with E-state index < -0.39 is 5.44 Å². The van der Waals surface area contributed by atoms with E-state index in [2.05, 4.69) is 10.6 Å². The Hall–Kier alpha value is -0.420. The second-order valence-corrected chi connectivity index (χ2v) is 3.62. The largest absolute Gasteiger partial charge is 0.380 e. The van der Waals surface area contributed by atoms with Crippen molar-refractivity contribution < 1.29 is 9.90 Å². The standard InChI is InChI=1S/C5H8N2O2S/c8-4-3-2(1-10-4)6-5(9)7-3/h2-4,8H,1H2,(H2,6,7,9). The molecule has 4 nitrogen and oxygen atoms in total. The van der Waals surface area contributed by atoms with Crippen molar-refractivity contribution in [3.8, 4) is 0 Å². The monoisotopic (exact) mass is 160 g/mol. The van der Waals surface area contributed by atoms with Crippen LogP contribution in [0.25, 0.3) is 0 Å². The van der Waals surface area contributed by atoms with Gasteiger partial charge in [-0.15, -0.1) is 11.8 Å². The molecule has 2 rings (SSSR count). The van der Waals surface area contributed by atoms with Crippen LogP contribution in [-0.2, 0) is 0 Å². The van der Waals surface area contributed by atoms with Gasteiger partial charge in [-0.1, -0.05) is 0 Å². The third-order valence-electron chi connectivity index (χ3n) is 1.80. The second kappa shape index (κ2) is 2.03. The van der Waals surface area contributed by atoms with Crippen molar-refractivity contribution in [2.75, 3.05) is 5.75 Å². The van der Waals surface area contributed by atoms with E-state index >= 15 is 0 Å². The number of thioether (sulfide) groups is 1. The summed E-state index contributed by atoms with van der Waals surface area (Å²) in [6.45, 7) is 0. The Morgan fingerprint density at radius 1 is 1.60 bits per heavy atom. The summed E-state index contributed by atoms with van der Waals surface area (Å²) >= 11 is 1.47. The number of fused-ring (bicyclic) bond motifs is 1. The second-order valence-electron chi connectivity index (χ2n) is 2.47. The lowest BCUT2D eigenvalue weighted by Gasteiger charge is -2.08. The number of aliphatic hydroxyl groups is 1. The van der Waals surface area contributed by atoms with Gasteiger partial charge in [-0.2, -0.15) is 0 Å². The Morgan fingerprint density at radius 2 is 2.40 bits per heavy atom. The van der Waals surface area contributed by atoms with Crippen LogP contribution >= 0.6 is 11.8 Å². The van der Waals surface area contributed by atoms with Gasteiger partial charge in [-0.3, -0.25) is 0 Å². The summed E-state index contributed by atoms with van der Waals surface area (Å²) in [4.78, 5) is 10.7. The Bertz CT molecular complexity index is 175. The van der Waals surface area contributed by atoms with Crippen LogP contribution in [0.15, 0.2) is 0 Å². The minimum Gasteiger partial charge on any atom is -0.380 e. The number of urea groups is 1. The van der Waals surface area contributed by atoms with Gasteiger partial charge in [0.15, 0.2) is 0 Å². The van der Waals surface area contributed by atoms with Crippen LogP contribution in [0.3, 0.4) is 0 Å². The Morgan fingerprint density at radius 3 is 3.10 bits per heavy atom. The molecule has 2 aliphatic heterocycles. The normalized spacial score (nSPS) is 44.5. The van der Waals surface area contributed by atoms with Crippen LogP contribution in [0.2, 0.25) is 0 Å². The van der Waals surface area contributed by atoms with Crippen LogP contribution in [-0.4, -0.2) is 34.4 Å². The first-order chi connectivity index (χ1) is 4.77. The van der Waals surface area contributed by atoms with Gasteiger partial charge >= 0.3 is 6.03 Å². The highest BCUT2D eigenvalue weighted by molar-refractivity contribution is 8.00. The van der Waals surface area contributed by atoms with E-state index in [1.54, 1.807) is 0 Å². The summed E-state index contributed by atoms with van der Waals surface area (Å²) in [5.74, 6) is 0.810. The first kappa shape index (κ1) is 6.30. The van der Waals surface area contributed by atoms with Crippen LogP contribution in [0.5, 0.6) is 0 Å². The predicted octanol–water partition coefficient (Wildman–Crippen LogP) is -0.898. The summed E-state index contributed by atoms with van der Waals surface area (Å²) < 4.78 is 0. The van der Waals surface area contributed by atoms with Crippen molar-refractivity contribution >= 4 is 17.8 Å². The van der Waals surface area contributed by atoms with E-state index in [9.17, 15) is 9.90 Å². The number of hydrogen-bond acceptors (Lipinski definition) is 3. The van der Waals surface area contributed by atoms with Gasteiger partial charge in [0.2, 0.25) is 0 Å². The molecule has 2 amide bonds.